The van der Waals surface area contributed by atoms with Crippen molar-refractivity contribution in [3.8, 4) is 0 Å². The van der Waals surface area contributed by atoms with Crippen LogP contribution in [0.5, 0.6) is 0 Å². The fourth-order valence-electron chi connectivity index (χ4n) is 2.82. The van der Waals surface area contributed by atoms with Crippen molar-refractivity contribution in [1.82, 2.24) is 5.32 Å². The van der Waals surface area contributed by atoms with Gasteiger partial charge in [0, 0.05) is 17.8 Å². The van der Waals surface area contributed by atoms with Crippen molar-refractivity contribution in [3.63, 3.8) is 0 Å². The van der Waals surface area contributed by atoms with Gasteiger partial charge in [0.15, 0.2) is 0 Å². The third kappa shape index (κ3) is 4.41. The number of hydrogen-bond donors (Lipinski definition) is 2. The maximum atomic E-state index is 11.9. The molecule has 3 N–H and O–H groups in total. The SMILES string of the molecule is CCC1CCCC(NC(=O)/C=C/c2ccc(N)cc2)C1. The average molecular weight is 272 g/mol. The molecule has 1 aromatic rings. The van der Waals surface area contributed by atoms with E-state index in [0.29, 0.717) is 6.04 Å². The van der Waals surface area contributed by atoms with E-state index in [1.807, 2.05) is 30.3 Å². The monoisotopic (exact) mass is 272 g/mol. The highest BCUT2D eigenvalue weighted by Gasteiger charge is 2.21. The maximum Gasteiger partial charge on any atom is 0.244 e. The van der Waals surface area contributed by atoms with Crippen LogP contribution >= 0.6 is 0 Å². The summed E-state index contributed by atoms with van der Waals surface area (Å²) in [5, 5.41) is 3.11. The molecule has 1 fully saturated rings. The van der Waals surface area contributed by atoms with Crippen molar-refractivity contribution >= 4 is 17.7 Å². The van der Waals surface area contributed by atoms with Crippen molar-refractivity contribution in [2.45, 2.75) is 45.1 Å². The van der Waals surface area contributed by atoms with Crippen molar-refractivity contribution in [2.24, 2.45) is 5.92 Å². The van der Waals surface area contributed by atoms with Gasteiger partial charge in [-0.25, -0.2) is 0 Å². The Morgan fingerprint density at radius 3 is 2.80 bits per heavy atom. The first-order valence-corrected chi connectivity index (χ1v) is 7.51. The molecular formula is C17H24N2O. The van der Waals surface area contributed by atoms with Crippen LogP contribution in [-0.4, -0.2) is 11.9 Å². The molecule has 0 aromatic heterocycles. The molecule has 2 atom stereocenters. The molecule has 20 heavy (non-hydrogen) atoms. The summed E-state index contributed by atoms with van der Waals surface area (Å²) >= 11 is 0. The summed E-state index contributed by atoms with van der Waals surface area (Å²) in [5.41, 5.74) is 7.35. The first-order valence-electron chi connectivity index (χ1n) is 7.51. The summed E-state index contributed by atoms with van der Waals surface area (Å²) in [4.78, 5) is 11.9. The van der Waals surface area contributed by atoms with Crippen LogP contribution < -0.4 is 11.1 Å². The smallest absolute Gasteiger partial charge is 0.244 e. The first-order chi connectivity index (χ1) is 9.67. The second-order valence-electron chi connectivity index (χ2n) is 5.65. The zero-order valence-electron chi connectivity index (χ0n) is 12.1. The number of rotatable bonds is 4. The molecule has 1 aliphatic rings. The van der Waals surface area contributed by atoms with Crippen LogP contribution in [0.3, 0.4) is 0 Å². The molecule has 1 amide bonds. The minimum atomic E-state index is 0.00331. The molecule has 1 saturated carbocycles. The van der Waals surface area contributed by atoms with Crippen LogP contribution in [0.25, 0.3) is 6.08 Å². The number of hydrogen-bond acceptors (Lipinski definition) is 2. The minimum absolute atomic E-state index is 0.00331. The predicted octanol–water partition coefficient (Wildman–Crippen LogP) is 3.37. The summed E-state index contributed by atoms with van der Waals surface area (Å²) in [6.07, 6.45) is 9.43. The Kier molecular flexibility index (Phi) is 5.22. The van der Waals surface area contributed by atoms with Gasteiger partial charge in [0.25, 0.3) is 0 Å². The zero-order chi connectivity index (χ0) is 14.4. The largest absolute Gasteiger partial charge is 0.399 e. The third-order valence-electron chi connectivity index (χ3n) is 4.07. The molecule has 0 spiro atoms. The number of carbonyl (C=O) groups excluding carboxylic acids is 1. The van der Waals surface area contributed by atoms with Crippen LogP contribution in [-0.2, 0) is 4.79 Å². The molecule has 0 bridgehead atoms. The van der Waals surface area contributed by atoms with Crippen molar-refractivity contribution < 1.29 is 4.79 Å². The lowest BCUT2D eigenvalue weighted by atomic mass is 9.84. The number of nitrogen functional groups attached to an aromatic ring is 1. The molecule has 3 heteroatoms. The van der Waals surface area contributed by atoms with Crippen LogP contribution in [0.4, 0.5) is 5.69 Å². The highest BCUT2D eigenvalue weighted by Crippen LogP contribution is 2.26. The van der Waals surface area contributed by atoms with Crippen molar-refractivity contribution in [1.29, 1.82) is 0 Å². The highest BCUT2D eigenvalue weighted by atomic mass is 16.1. The van der Waals surface area contributed by atoms with Gasteiger partial charge in [0.05, 0.1) is 0 Å². The second kappa shape index (κ2) is 7.13. The predicted molar refractivity (Wildman–Crippen MR) is 84.1 cm³/mol. The molecule has 0 saturated heterocycles. The Bertz CT molecular complexity index is 464. The van der Waals surface area contributed by atoms with E-state index in [0.717, 1.165) is 30.0 Å². The van der Waals surface area contributed by atoms with E-state index in [4.69, 9.17) is 5.73 Å². The van der Waals surface area contributed by atoms with Gasteiger partial charge in [0.2, 0.25) is 5.91 Å². The van der Waals surface area contributed by atoms with Crippen molar-refractivity contribution in [2.75, 3.05) is 5.73 Å². The highest BCUT2D eigenvalue weighted by molar-refractivity contribution is 5.91. The number of benzene rings is 1. The fourth-order valence-corrected chi connectivity index (χ4v) is 2.82. The second-order valence-corrected chi connectivity index (χ2v) is 5.65. The van der Waals surface area contributed by atoms with E-state index < -0.39 is 0 Å². The number of nitrogens with one attached hydrogen (secondary N) is 1. The molecular weight excluding hydrogens is 248 g/mol. The Labute approximate surface area is 121 Å². The van der Waals surface area contributed by atoms with E-state index in [1.54, 1.807) is 6.08 Å². The van der Waals surface area contributed by atoms with Gasteiger partial charge < -0.3 is 11.1 Å². The molecule has 0 heterocycles. The molecule has 2 unspecified atom stereocenters. The van der Waals surface area contributed by atoms with Crippen LogP contribution in [0, 0.1) is 5.92 Å². The Morgan fingerprint density at radius 2 is 2.10 bits per heavy atom. The number of nitrogens with two attached hydrogens (primary N) is 1. The summed E-state index contributed by atoms with van der Waals surface area (Å²) in [5.74, 6) is 0.777. The van der Waals surface area contributed by atoms with Gasteiger partial charge in [0.1, 0.15) is 0 Å². The molecule has 2 rings (SSSR count). The number of amides is 1. The molecule has 1 aliphatic carbocycles. The lowest BCUT2D eigenvalue weighted by Crippen LogP contribution is -2.37. The summed E-state index contributed by atoms with van der Waals surface area (Å²) in [6.45, 7) is 2.23. The van der Waals surface area contributed by atoms with Gasteiger partial charge in [-0.3, -0.25) is 4.79 Å². The lowest BCUT2D eigenvalue weighted by molar-refractivity contribution is -0.117. The van der Waals surface area contributed by atoms with E-state index in [9.17, 15) is 4.79 Å². The van der Waals surface area contributed by atoms with Gasteiger partial charge in [-0.2, -0.15) is 0 Å². The third-order valence-corrected chi connectivity index (χ3v) is 4.07. The molecule has 1 aromatic carbocycles. The van der Waals surface area contributed by atoms with Crippen LogP contribution in [0.15, 0.2) is 30.3 Å². The molecule has 3 nitrogen and oxygen atoms in total. The van der Waals surface area contributed by atoms with E-state index >= 15 is 0 Å². The Hall–Kier alpha value is -1.77. The summed E-state index contributed by atoms with van der Waals surface area (Å²) < 4.78 is 0. The number of anilines is 1. The summed E-state index contributed by atoms with van der Waals surface area (Å²) in [7, 11) is 0. The Morgan fingerprint density at radius 1 is 1.35 bits per heavy atom. The fraction of sp³-hybridized carbons (Fsp3) is 0.471. The maximum absolute atomic E-state index is 11.9. The number of carbonyl (C=O) groups is 1. The van der Waals surface area contributed by atoms with Gasteiger partial charge in [-0.05, 0) is 42.5 Å². The standard InChI is InChI=1S/C17H24N2O/c1-2-13-4-3-5-16(12-13)19-17(20)11-8-14-6-9-15(18)10-7-14/h6-11,13,16H,2-5,12,18H2,1H3,(H,19,20)/b11-8+. The summed E-state index contributed by atoms with van der Waals surface area (Å²) in [6, 6.07) is 7.84. The lowest BCUT2D eigenvalue weighted by Gasteiger charge is -2.28. The van der Waals surface area contributed by atoms with Crippen LogP contribution in [0.1, 0.15) is 44.6 Å². The van der Waals surface area contributed by atoms with Gasteiger partial charge in [-0.15, -0.1) is 0 Å². The minimum Gasteiger partial charge on any atom is -0.399 e. The van der Waals surface area contributed by atoms with Gasteiger partial charge >= 0.3 is 0 Å². The first kappa shape index (κ1) is 14.6. The van der Waals surface area contributed by atoms with Crippen LogP contribution in [0.2, 0.25) is 0 Å². The Balaban J connectivity index is 1.84. The molecule has 0 aliphatic heterocycles. The molecule has 108 valence electrons. The van der Waals surface area contributed by atoms with Crippen molar-refractivity contribution in [3.05, 3.63) is 35.9 Å². The average Bonchev–Trinajstić information content (AvgIpc) is 2.47. The zero-order valence-corrected chi connectivity index (χ0v) is 12.1. The quantitative estimate of drug-likeness (QED) is 0.652. The normalized spacial score (nSPS) is 22.9. The molecule has 0 radical (unpaired) electrons. The topological polar surface area (TPSA) is 55.1 Å². The van der Waals surface area contributed by atoms with Gasteiger partial charge in [-0.1, -0.05) is 38.3 Å². The van der Waals surface area contributed by atoms with E-state index in [2.05, 4.69) is 12.2 Å². The van der Waals surface area contributed by atoms with E-state index in [1.165, 1.54) is 19.3 Å². The van der Waals surface area contributed by atoms with E-state index in [-0.39, 0.29) is 5.91 Å².